The van der Waals surface area contributed by atoms with E-state index in [9.17, 15) is 9.59 Å². The second-order valence-corrected chi connectivity index (χ2v) is 9.51. The van der Waals surface area contributed by atoms with Crippen molar-refractivity contribution in [2.75, 3.05) is 5.75 Å². The molecule has 3 rings (SSSR count). The SMILES string of the molecule is CC(C)[C@@H](C)NC(=O)[C@H]1CS[C@H](c2cccs2)N1C(=O)c1ccc(Cl)cc1. The van der Waals surface area contributed by atoms with Crippen LogP contribution in [0, 0.1) is 5.92 Å². The molecule has 1 aromatic heterocycles. The minimum absolute atomic E-state index is 0.0516. The lowest BCUT2D eigenvalue weighted by Gasteiger charge is -2.30. The summed E-state index contributed by atoms with van der Waals surface area (Å²) in [5.41, 5.74) is 0.540. The van der Waals surface area contributed by atoms with Crippen molar-refractivity contribution in [3.05, 3.63) is 57.2 Å². The van der Waals surface area contributed by atoms with Crippen LogP contribution >= 0.6 is 34.7 Å². The molecule has 27 heavy (non-hydrogen) atoms. The van der Waals surface area contributed by atoms with Crippen molar-refractivity contribution in [2.24, 2.45) is 5.92 Å². The first-order valence-electron chi connectivity index (χ1n) is 8.92. The zero-order chi connectivity index (χ0) is 19.6. The van der Waals surface area contributed by atoms with Gasteiger partial charge in [0.05, 0.1) is 0 Å². The molecule has 4 nitrogen and oxygen atoms in total. The summed E-state index contributed by atoms with van der Waals surface area (Å²) in [6.45, 7) is 6.13. The van der Waals surface area contributed by atoms with E-state index >= 15 is 0 Å². The molecule has 7 heteroatoms. The smallest absolute Gasteiger partial charge is 0.255 e. The molecule has 0 unspecified atom stereocenters. The highest BCUT2D eigenvalue weighted by atomic mass is 35.5. The van der Waals surface area contributed by atoms with Gasteiger partial charge in [0.15, 0.2) is 0 Å². The van der Waals surface area contributed by atoms with Crippen LogP contribution in [0.15, 0.2) is 41.8 Å². The zero-order valence-electron chi connectivity index (χ0n) is 15.5. The van der Waals surface area contributed by atoms with Crippen LogP contribution in [-0.2, 0) is 4.79 Å². The number of halogens is 1. The normalized spacial score (nSPS) is 20.7. The fraction of sp³-hybridized carbons (Fsp3) is 0.400. The highest BCUT2D eigenvalue weighted by molar-refractivity contribution is 7.99. The maximum atomic E-state index is 13.3. The van der Waals surface area contributed by atoms with Gasteiger partial charge in [0.25, 0.3) is 5.91 Å². The summed E-state index contributed by atoms with van der Waals surface area (Å²) in [4.78, 5) is 29.0. The lowest BCUT2D eigenvalue weighted by Crippen LogP contribution is -2.50. The fourth-order valence-electron chi connectivity index (χ4n) is 2.84. The number of thiophene rings is 1. The molecule has 144 valence electrons. The Morgan fingerprint density at radius 1 is 1.19 bits per heavy atom. The van der Waals surface area contributed by atoms with Gasteiger partial charge in [0, 0.05) is 27.3 Å². The number of benzene rings is 1. The molecular formula is C20H23ClN2O2S2. The van der Waals surface area contributed by atoms with Crippen molar-refractivity contribution in [3.8, 4) is 0 Å². The van der Waals surface area contributed by atoms with E-state index in [1.807, 2.05) is 24.4 Å². The Bertz CT molecular complexity index is 793. The molecule has 0 spiro atoms. The van der Waals surface area contributed by atoms with E-state index in [0.29, 0.717) is 22.3 Å². The summed E-state index contributed by atoms with van der Waals surface area (Å²) < 4.78 is 0. The van der Waals surface area contributed by atoms with E-state index in [1.54, 1.807) is 52.3 Å². The Balaban J connectivity index is 1.89. The number of nitrogens with zero attached hydrogens (tertiary/aromatic N) is 1. The first-order chi connectivity index (χ1) is 12.9. The number of hydrogen-bond donors (Lipinski definition) is 1. The van der Waals surface area contributed by atoms with E-state index in [0.717, 1.165) is 4.88 Å². The third-order valence-corrected chi connectivity index (χ3v) is 7.42. The fourth-order valence-corrected chi connectivity index (χ4v) is 5.36. The van der Waals surface area contributed by atoms with Gasteiger partial charge in [-0.3, -0.25) is 9.59 Å². The van der Waals surface area contributed by atoms with E-state index < -0.39 is 6.04 Å². The Labute approximate surface area is 173 Å². The van der Waals surface area contributed by atoms with Gasteiger partial charge in [-0.1, -0.05) is 31.5 Å². The quantitative estimate of drug-likeness (QED) is 0.751. The van der Waals surface area contributed by atoms with E-state index in [-0.39, 0.29) is 23.2 Å². The predicted molar refractivity (Wildman–Crippen MR) is 113 cm³/mol. The molecule has 0 radical (unpaired) electrons. The minimum atomic E-state index is -0.494. The van der Waals surface area contributed by atoms with Crippen LogP contribution in [0.1, 0.15) is 41.4 Å². The molecule has 1 saturated heterocycles. The Hall–Kier alpha value is -1.50. The van der Waals surface area contributed by atoms with Crippen molar-refractivity contribution in [1.82, 2.24) is 10.2 Å². The summed E-state index contributed by atoms with van der Waals surface area (Å²) in [6, 6.07) is 10.4. The molecule has 1 N–H and O–H groups in total. The van der Waals surface area contributed by atoms with Crippen LogP contribution in [0.4, 0.5) is 0 Å². The second-order valence-electron chi connectivity index (χ2n) is 6.98. The molecule has 0 bridgehead atoms. The molecule has 1 aliphatic rings. The van der Waals surface area contributed by atoms with Crippen molar-refractivity contribution in [2.45, 2.75) is 38.2 Å². The van der Waals surface area contributed by atoms with E-state index in [1.165, 1.54) is 0 Å². The Kier molecular flexibility index (Phi) is 6.50. The number of nitrogens with one attached hydrogen (secondary N) is 1. The van der Waals surface area contributed by atoms with Gasteiger partial charge in [-0.05, 0) is 48.6 Å². The van der Waals surface area contributed by atoms with Gasteiger partial charge in [-0.25, -0.2) is 0 Å². The molecule has 3 atom stereocenters. The number of thioether (sulfide) groups is 1. The maximum Gasteiger partial charge on any atom is 0.255 e. The summed E-state index contributed by atoms with van der Waals surface area (Å²) in [5.74, 6) is 0.674. The van der Waals surface area contributed by atoms with E-state index in [4.69, 9.17) is 11.6 Å². The standard InChI is InChI=1S/C20H23ClN2O2S2/c1-12(2)13(3)22-18(24)16-11-27-20(17-5-4-10-26-17)23(16)19(25)14-6-8-15(21)9-7-14/h4-10,12-13,16,20H,11H2,1-3H3,(H,22,24)/t13-,16-,20-/m1/s1. The van der Waals surface area contributed by atoms with Gasteiger partial charge in [0.1, 0.15) is 11.4 Å². The summed E-state index contributed by atoms with van der Waals surface area (Å²) in [6.07, 6.45) is 0. The predicted octanol–water partition coefficient (Wildman–Crippen LogP) is 4.82. The average Bonchev–Trinajstić information content (AvgIpc) is 3.30. The first-order valence-corrected chi connectivity index (χ1v) is 11.2. The Morgan fingerprint density at radius 2 is 1.89 bits per heavy atom. The van der Waals surface area contributed by atoms with Gasteiger partial charge < -0.3 is 10.2 Å². The van der Waals surface area contributed by atoms with E-state index in [2.05, 4.69) is 19.2 Å². The highest BCUT2D eigenvalue weighted by Crippen LogP contribution is 2.44. The first kappa shape index (κ1) is 20.2. The number of carbonyl (C=O) groups is 2. The largest absolute Gasteiger partial charge is 0.352 e. The topological polar surface area (TPSA) is 49.4 Å². The number of amides is 2. The number of hydrogen-bond acceptors (Lipinski definition) is 4. The summed E-state index contributed by atoms with van der Waals surface area (Å²) in [5, 5.41) is 5.49. The molecular weight excluding hydrogens is 400 g/mol. The van der Waals surface area contributed by atoms with Crippen LogP contribution in [-0.4, -0.2) is 34.6 Å². The Morgan fingerprint density at radius 3 is 2.48 bits per heavy atom. The van der Waals surface area contributed by atoms with Crippen LogP contribution in [0.25, 0.3) is 0 Å². The average molecular weight is 423 g/mol. The van der Waals surface area contributed by atoms with Gasteiger partial charge in [-0.2, -0.15) is 0 Å². The van der Waals surface area contributed by atoms with Crippen molar-refractivity contribution >= 4 is 46.5 Å². The minimum Gasteiger partial charge on any atom is -0.352 e. The molecule has 2 amide bonds. The lowest BCUT2D eigenvalue weighted by atomic mass is 10.1. The van der Waals surface area contributed by atoms with Crippen molar-refractivity contribution < 1.29 is 9.59 Å². The van der Waals surface area contributed by atoms with Gasteiger partial charge >= 0.3 is 0 Å². The molecule has 1 fully saturated rings. The van der Waals surface area contributed by atoms with Crippen LogP contribution in [0.2, 0.25) is 5.02 Å². The molecule has 1 aromatic carbocycles. The van der Waals surface area contributed by atoms with Crippen molar-refractivity contribution in [3.63, 3.8) is 0 Å². The number of carbonyl (C=O) groups excluding carboxylic acids is 2. The summed E-state index contributed by atoms with van der Waals surface area (Å²) >= 11 is 9.20. The van der Waals surface area contributed by atoms with Crippen LogP contribution in [0.3, 0.4) is 0 Å². The zero-order valence-corrected chi connectivity index (χ0v) is 17.9. The van der Waals surface area contributed by atoms with Gasteiger partial charge in [0.2, 0.25) is 5.91 Å². The van der Waals surface area contributed by atoms with Crippen LogP contribution < -0.4 is 5.32 Å². The highest BCUT2D eigenvalue weighted by Gasteiger charge is 2.43. The maximum absolute atomic E-state index is 13.3. The molecule has 1 aliphatic heterocycles. The monoisotopic (exact) mass is 422 g/mol. The van der Waals surface area contributed by atoms with Gasteiger partial charge in [-0.15, -0.1) is 23.1 Å². The lowest BCUT2D eigenvalue weighted by molar-refractivity contribution is -0.125. The third-order valence-electron chi connectivity index (χ3n) is 4.79. The molecule has 2 heterocycles. The molecule has 0 aliphatic carbocycles. The molecule has 2 aromatic rings. The third kappa shape index (κ3) is 4.50. The summed E-state index contributed by atoms with van der Waals surface area (Å²) in [7, 11) is 0. The molecule has 0 saturated carbocycles. The van der Waals surface area contributed by atoms with Crippen LogP contribution in [0.5, 0.6) is 0 Å². The van der Waals surface area contributed by atoms with Crippen molar-refractivity contribution in [1.29, 1.82) is 0 Å². The number of rotatable bonds is 5. The second kappa shape index (κ2) is 8.67.